The first kappa shape index (κ1) is 18.3. The van der Waals surface area contributed by atoms with Gasteiger partial charge in [-0.15, -0.1) is 0 Å². The largest absolute Gasteiger partial charge is 0.365 e. The second kappa shape index (κ2) is 7.28. The van der Waals surface area contributed by atoms with E-state index in [2.05, 4.69) is 26.0 Å². The Hall–Kier alpha value is -4.70. The molecule has 5 rings (SSSR count). The second-order valence-corrected chi connectivity index (χ2v) is 7.08. The van der Waals surface area contributed by atoms with Gasteiger partial charge in [-0.3, -0.25) is 4.79 Å². The number of hydrogen-bond acceptors (Lipinski definition) is 4. The molecule has 4 N–H and O–H groups in total. The van der Waals surface area contributed by atoms with Gasteiger partial charge in [0.15, 0.2) is 0 Å². The van der Waals surface area contributed by atoms with Gasteiger partial charge < -0.3 is 15.7 Å². The van der Waals surface area contributed by atoms with Crippen molar-refractivity contribution >= 4 is 34.1 Å². The molecule has 1 aromatic carbocycles. The van der Waals surface area contributed by atoms with Crippen molar-refractivity contribution in [3.05, 3.63) is 78.4 Å². The van der Waals surface area contributed by atoms with Crippen molar-refractivity contribution in [1.29, 1.82) is 5.26 Å². The summed E-state index contributed by atoms with van der Waals surface area (Å²) in [5.74, 6) is -0.749. The number of nitriles is 1. The predicted octanol–water partition coefficient (Wildman–Crippen LogP) is 4.17. The van der Waals surface area contributed by atoms with Crippen LogP contribution in [-0.4, -0.2) is 25.8 Å². The van der Waals surface area contributed by atoms with Crippen molar-refractivity contribution in [1.82, 2.24) is 19.9 Å². The smallest absolute Gasteiger partial charge is 0.259 e. The zero-order valence-electron chi connectivity index (χ0n) is 16.3. The summed E-state index contributed by atoms with van der Waals surface area (Å²) >= 11 is 0. The van der Waals surface area contributed by atoms with Gasteiger partial charge in [-0.1, -0.05) is 18.2 Å². The van der Waals surface area contributed by atoms with Crippen LogP contribution in [0, 0.1) is 11.3 Å². The van der Waals surface area contributed by atoms with E-state index in [9.17, 15) is 4.79 Å². The monoisotopic (exact) mass is 404 g/mol. The number of aromatic amines is 2. The normalized spacial score (nSPS) is 11.6. The van der Waals surface area contributed by atoms with Gasteiger partial charge in [-0.2, -0.15) is 5.26 Å². The van der Waals surface area contributed by atoms with Gasteiger partial charge in [0.1, 0.15) is 22.9 Å². The molecule has 0 saturated carbocycles. The number of carbonyl (C=O) groups excluding carboxylic acids is 1. The van der Waals surface area contributed by atoms with Crippen molar-refractivity contribution in [2.45, 2.75) is 0 Å². The Morgan fingerprint density at radius 1 is 1.00 bits per heavy atom. The maximum atomic E-state index is 11.4. The van der Waals surface area contributed by atoms with Crippen LogP contribution in [0.25, 0.3) is 50.4 Å². The minimum absolute atomic E-state index is 0.0909. The van der Waals surface area contributed by atoms with E-state index in [1.165, 1.54) is 6.08 Å². The Morgan fingerprint density at radius 3 is 2.71 bits per heavy atom. The molecule has 0 aliphatic heterocycles. The molecule has 4 aromatic heterocycles. The molecule has 148 valence electrons. The fourth-order valence-electron chi connectivity index (χ4n) is 3.71. The highest BCUT2D eigenvalue weighted by Gasteiger charge is 2.13. The van der Waals surface area contributed by atoms with Gasteiger partial charge in [0.2, 0.25) is 0 Å². The molecule has 1 amide bonds. The average molecular weight is 404 g/mol. The van der Waals surface area contributed by atoms with Crippen molar-refractivity contribution in [2.24, 2.45) is 5.73 Å². The quantitative estimate of drug-likeness (QED) is 0.307. The summed E-state index contributed by atoms with van der Waals surface area (Å²) in [5, 5.41) is 11.1. The third kappa shape index (κ3) is 3.22. The van der Waals surface area contributed by atoms with E-state index in [-0.39, 0.29) is 5.57 Å². The van der Waals surface area contributed by atoms with Crippen LogP contribution >= 0.6 is 0 Å². The number of nitrogens with zero attached hydrogens (tertiary/aromatic N) is 3. The van der Waals surface area contributed by atoms with Crippen LogP contribution in [0.3, 0.4) is 0 Å². The maximum Gasteiger partial charge on any atom is 0.259 e. The summed E-state index contributed by atoms with van der Waals surface area (Å²) in [6.07, 6.45) is 8.89. The highest BCUT2D eigenvalue weighted by molar-refractivity contribution is 6.03. The first-order valence-electron chi connectivity index (χ1n) is 9.55. The van der Waals surface area contributed by atoms with Crippen LogP contribution in [0.2, 0.25) is 0 Å². The van der Waals surface area contributed by atoms with Crippen LogP contribution in [-0.2, 0) is 4.79 Å². The van der Waals surface area contributed by atoms with Crippen LogP contribution in [0.5, 0.6) is 0 Å². The van der Waals surface area contributed by atoms with Crippen LogP contribution in [0.4, 0.5) is 0 Å². The fourth-order valence-corrected chi connectivity index (χ4v) is 3.71. The molecule has 7 heteroatoms. The summed E-state index contributed by atoms with van der Waals surface area (Å²) in [7, 11) is 0. The summed E-state index contributed by atoms with van der Waals surface area (Å²) in [4.78, 5) is 26.7. The summed E-state index contributed by atoms with van der Waals surface area (Å²) in [5.41, 5.74) is 11.4. The topological polar surface area (TPSA) is 124 Å². The predicted molar refractivity (Wildman–Crippen MR) is 119 cm³/mol. The van der Waals surface area contributed by atoms with Gasteiger partial charge in [0, 0.05) is 46.7 Å². The number of amides is 1. The lowest BCUT2D eigenvalue weighted by Crippen LogP contribution is -2.12. The van der Waals surface area contributed by atoms with E-state index in [0.29, 0.717) is 5.56 Å². The highest BCUT2D eigenvalue weighted by Crippen LogP contribution is 2.34. The lowest BCUT2D eigenvalue weighted by atomic mass is 10.00. The maximum absolute atomic E-state index is 11.4. The van der Waals surface area contributed by atoms with Crippen LogP contribution in [0.15, 0.2) is 72.8 Å². The number of carbonyl (C=O) groups is 1. The molecule has 0 unspecified atom stereocenters. The molecule has 0 radical (unpaired) electrons. The van der Waals surface area contributed by atoms with Crippen molar-refractivity contribution in [2.75, 3.05) is 0 Å². The van der Waals surface area contributed by atoms with Crippen molar-refractivity contribution < 1.29 is 4.79 Å². The van der Waals surface area contributed by atoms with E-state index < -0.39 is 5.91 Å². The molecule has 0 fully saturated rings. The number of aromatic nitrogens is 4. The minimum atomic E-state index is -0.749. The van der Waals surface area contributed by atoms with E-state index in [1.807, 2.05) is 54.9 Å². The van der Waals surface area contributed by atoms with E-state index >= 15 is 0 Å². The number of nitrogens with one attached hydrogen (secondary N) is 2. The van der Waals surface area contributed by atoms with E-state index in [4.69, 9.17) is 11.0 Å². The number of hydrogen-bond donors (Lipinski definition) is 3. The molecule has 0 atom stereocenters. The number of H-pyrrole nitrogens is 2. The molecule has 0 aliphatic carbocycles. The second-order valence-electron chi connectivity index (χ2n) is 7.08. The average Bonchev–Trinajstić information content (AvgIpc) is 3.44. The Morgan fingerprint density at radius 2 is 1.87 bits per heavy atom. The molecular weight excluding hydrogens is 388 g/mol. The first-order chi connectivity index (χ1) is 15.1. The Bertz CT molecular complexity index is 1530. The molecule has 0 spiro atoms. The van der Waals surface area contributed by atoms with Gasteiger partial charge in [0.25, 0.3) is 5.91 Å². The SMILES string of the molecule is N#CC(=Cc1cccc(-c2cnc3[nH]cc(-c4ccnc5[nH]ccc45)c3c2)c1)C(N)=O. The van der Waals surface area contributed by atoms with Crippen LogP contribution < -0.4 is 5.73 Å². The number of primary amides is 1. The van der Waals surface area contributed by atoms with Gasteiger partial charge >= 0.3 is 0 Å². The fraction of sp³-hybridized carbons (Fsp3) is 0. The number of rotatable bonds is 4. The summed E-state index contributed by atoms with van der Waals surface area (Å²) < 4.78 is 0. The lowest BCUT2D eigenvalue weighted by Gasteiger charge is -2.06. The van der Waals surface area contributed by atoms with Gasteiger partial charge in [0.05, 0.1) is 0 Å². The highest BCUT2D eigenvalue weighted by atomic mass is 16.1. The molecule has 7 nitrogen and oxygen atoms in total. The summed E-state index contributed by atoms with van der Waals surface area (Å²) in [6.45, 7) is 0. The van der Waals surface area contributed by atoms with Crippen molar-refractivity contribution in [3.63, 3.8) is 0 Å². The number of pyridine rings is 2. The van der Waals surface area contributed by atoms with E-state index in [1.54, 1.807) is 12.4 Å². The Kier molecular flexibility index (Phi) is 4.31. The first-order valence-corrected chi connectivity index (χ1v) is 9.55. The molecule has 0 bridgehead atoms. The number of nitrogens with two attached hydrogens (primary N) is 1. The van der Waals surface area contributed by atoms with Crippen molar-refractivity contribution in [3.8, 4) is 28.3 Å². The standard InChI is InChI=1S/C24H16N6O/c25-11-16(22(26)31)9-14-2-1-3-15(8-14)17-10-20-21(13-30-24(20)29-12-17)18-4-6-27-23-19(18)5-7-28-23/h1-10,12-13H,(H2,26,31)(H,27,28)(H,29,30). The van der Waals surface area contributed by atoms with E-state index in [0.717, 1.165) is 44.3 Å². The lowest BCUT2D eigenvalue weighted by molar-refractivity contribution is -0.114. The number of fused-ring (bicyclic) bond motifs is 2. The molecular formula is C24H16N6O. The Balaban J connectivity index is 1.63. The molecule has 0 aliphatic rings. The third-order valence-electron chi connectivity index (χ3n) is 5.20. The van der Waals surface area contributed by atoms with Gasteiger partial charge in [-0.25, -0.2) is 9.97 Å². The molecule has 4 heterocycles. The molecule has 0 saturated heterocycles. The third-order valence-corrected chi connectivity index (χ3v) is 5.20. The number of benzene rings is 1. The molecule has 31 heavy (non-hydrogen) atoms. The van der Waals surface area contributed by atoms with Crippen LogP contribution in [0.1, 0.15) is 5.56 Å². The summed E-state index contributed by atoms with van der Waals surface area (Å²) in [6, 6.07) is 15.4. The zero-order chi connectivity index (χ0) is 21.4. The van der Waals surface area contributed by atoms with Gasteiger partial charge in [-0.05, 0) is 47.0 Å². The Labute approximate surface area is 176 Å². The zero-order valence-corrected chi connectivity index (χ0v) is 16.3. The molecule has 5 aromatic rings. The minimum Gasteiger partial charge on any atom is -0.365 e.